The van der Waals surface area contributed by atoms with E-state index >= 15 is 0 Å². The first kappa shape index (κ1) is 20.4. The zero-order valence-electron chi connectivity index (χ0n) is 15.3. The Morgan fingerprint density at radius 1 is 1.18 bits per heavy atom. The lowest BCUT2D eigenvalue weighted by atomic mass is 9.92. The van der Waals surface area contributed by atoms with Crippen molar-refractivity contribution in [1.82, 2.24) is 14.9 Å². The van der Waals surface area contributed by atoms with Crippen molar-refractivity contribution in [2.45, 2.75) is 44.0 Å². The molecule has 28 heavy (non-hydrogen) atoms. The summed E-state index contributed by atoms with van der Waals surface area (Å²) in [6, 6.07) is 2.93. The number of rotatable bonds is 4. The minimum absolute atomic E-state index is 0.208. The van der Waals surface area contributed by atoms with Gasteiger partial charge < -0.3 is 14.4 Å². The van der Waals surface area contributed by atoms with Crippen LogP contribution >= 0.6 is 11.6 Å². The third-order valence-corrected chi connectivity index (χ3v) is 5.22. The number of methoxy groups -OCH3 is 1. The second-order valence-corrected chi connectivity index (χ2v) is 7.00. The van der Waals surface area contributed by atoms with Crippen molar-refractivity contribution in [3.63, 3.8) is 0 Å². The van der Waals surface area contributed by atoms with Gasteiger partial charge in [0.15, 0.2) is 11.5 Å². The maximum atomic E-state index is 12.6. The van der Waals surface area contributed by atoms with Gasteiger partial charge in [-0.05, 0) is 31.7 Å². The van der Waals surface area contributed by atoms with Crippen molar-refractivity contribution < 1.29 is 27.4 Å². The molecule has 1 amide bonds. The van der Waals surface area contributed by atoms with E-state index in [1.807, 2.05) is 0 Å². The topological polar surface area (TPSA) is 64.6 Å². The van der Waals surface area contributed by atoms with E-state index < -0.39 is 18.1 Å². The first-order valence-electron chi connectivity index (χ1n) is 8.69. The zero-order valence-corrected chi connectivity index (χ0v) is 16.0. The van der Waals surface area contributed by atoms with E-state index in [2.05, 4.69) is 9.97 Å². The van der Waals surface area contributed by atoms with Crippen LogP contribution < -0.4 is 9.47 Å². The minimum atomic E-state index is -4.86. The number of amides is 1. The van der Waals surface area contributed by atoms with Gasteiger partial charge in [-0.1, -0.05) is 11.6 Å². The number of carbonyl (C=O) groups excluding carboxylic acids is 1. The molecule has 0 unspecified atom stereocenters. The standard InChI is InChI=1S/C18H19ClF3N3O3/c1-25(17(26)18(20,21)22)10-3-5-11(6-4-10)28-15-7-12-13(8-14(15)27-2)23-9-24-16(12)19/h7-11H,3-6H2,1-2H3. The number of aromatic nitrogens is 2. The maximum absolute atomic E-state index is 12.6. The number of hydrogen-bond donors (Lipinski definition) is 0. The molecule has 0 N–H and O–H groups in total. The normalized spacial score (nSPS) is 20.1. The molecule has 1 saturated carbocycles. The number of carbonyl (C=O) groups is 1. The van der Waals surface area contributed by atoms with E-state index in [0.29, 0.717) is 48.1 Å². The van der Waals surface area contributed by atoms with Crippen molar-refractivity contribution in [1.29, 1.82) is 0 Å². The first-order chi connectivity index (χ1) is 13.2. The van der Waals surface area contributed by atoms with Crippen LogP contribution in [0.25, 0.3) is 10.9 Å². The summed E-state index contributed by atoms with van der Waals surface area (Å²) >= 11 is 6.11. The van der Waals surface area contributed by atoms with Gasteiger partial charge in [0.2, 0.25) is 0 Å². The minimum Gasteiger partial charge on any atom is -0.493 e. The predicted molar refractivity (Wildman–Crippen MR) is 96.6 cm³/mol. The van der Waals surface area contributed by atoms with Crippen LogP contribution in [0.3, 0.4) is 0 Å². The van der Waals surface area contributed by atoms with Gasteiger partial charge in [-0.15, -0.1) is 0 Å². The highest BCUT2D eigenvalue weighted by molar-refractivity contribution is 6.34. The molecule has 1 heterocycles. The summed E-state index contributed by atoms with van der Waals surface area (Å²) in [5.41, 5.74) is 0.611. The van der Waals surface area contributed by atoms with E-state index in [1.54, 1.807) is 12.1 Å². The lowest BCUT2D eigenvalue weighted by Gasteiger charge is -2.35. The second-order valence-electron chi connectivity index (χ2n) is 6.65. The molecule has 1 aromatic carbocycles. The molecule has 2 aromatic rings. The van der Waals surface area contributed by atoms with Gasteiger partial charge in [0, 0.05) is 24.5 Å². The van der Waals surface area contributed by atoms with E-state index in [4.69, 9.17) is 21.1 Å². The number of hydrogen-bond acceptors (Lipinski definition) is 5. The Balaban J connectivity index is 1.69. The molecule has 152 valence electrons. The number of benzene rings is 1. The smallest absolute Gasteiger partial charge is 0.471 e. The van der Waals surface area contributed by atoms with Gasteiger partial charge >= 0.3 is 12.1 Å². The molecule has 0 bridgehead atoms. The molecule has 0 atom stereocenters. The van der Waals surface area contributed by atoms with Gasteiger partial charge in [0.1, 0.15) is 11.5 Å². The summed E-state index contributed by atoms with van der Waals surface area (Å²) in [6.45, 7) is 0. The molecule has 0 aliphatic heterocycles. The quantitative estimate of drug-likeness (QED) is 0.703. The van der Waals surface area contributed by atoms with E-state index in [9.17, 15) is 18.0 Å². The highest BCUT2D eigenvalue weighted by Crippen LogP contribution is 2.36. The summed E-state index contributed by atoms with van der Waals surface area (Å²) in [4.78, 5) is 20.3. The average molecular weight is 418 g/mol. The Morgan fingerprint density at radius 2 is 1.86 bits per heavy atom. The Labute approximate surface area is 164 Å². The molecule has 1 aliphatic carbocycles. The molecule has 1 aromatic heterocycles. The van der Waals surface area contributed by atoms with Crippen molar-refractivity contribution in [2.24, 2.45) is 0 Å². The summed E-state index contributed by atoms with van der Waals surface area (Å²) in [5.74, 6) is -0.869. The van der Waals surface area contributed by atoms with Gasteiger partial charge in [-0.25, -0.2) is 9.97 Å². The molecule has 0 radical (unpaired) electrons. The van der Waals surface area contributed by atoms with E-state index in [1.165, 1.54) is 20.5 Å². The summed E-state index contributed by atoms with van der Waals surface area (Å²) in [7, 11) is 2.70. The molecular formula is C18H19ClF3N3O3. The highest BCUT2D eigenvalue weighted by atomic mass is 35.5. The molecule has 6 nitrogen and oxygen atoms in total. The van der Waals surface area contributed by atoms with Gasteiger partial charge in [0.25, 0.3) is 0 Å². The van der Waals surface area contributed by atoms with Crippen LogP contribution in [0.2, 0.25) is 5.15 Å². The predicted octanol–water partition coefficient (Wildman–Crippen LogP) is 4.00. The number of alkyl halides is 3. The Bertz CT molecular complexity index is 870. The Hall–Kier alpha value is -2.29. The lowest BCUT2D eigenvalue weighted by molar-refractivity contribution is -0.187. The fourth-order valence-corrected chi connectivity index (χ4v) is 3.57. The Kier molecular flexibility index (Phi) is 5.83. The highest BCUT2D eigenvalue weighted by Gasteiger charge is 2.43. The largest absolute Gasteiger partial charge is 0.493 e. The zero-order chi connectivity index (χ0) is 20.5. The van der Waals surface area contributed by atoms with Gasteiger partial charge in [0.05, 0.1) is 18.7 Å². The molecular weight excluding hydrogens is 399 g/mol. The molecule has 3 rings (SSSR count). The van der Waals surface area contributed by atoms with Crippen molar-refractivity contribution in [2.75, 3.05) is 14.2 Å². The van der Waals surface area contributed by atoms with Crippen LogP contribution in [0.1, 0.15) is 25.7 Å². The van der Waals surface area contributed by atoms with Gasteiger partial charge in [-0.3, -0.25) is 4.79 Å². The monoisotopic (exact) mass is 417 g/mol. The molecule has 1 fully saturated rings. The summed E-state index contributed by atoms with van der Waals surface area (Å²) in [5, 5.41) is 0.901. The number of fused-ring (bicyclic) bond motifs is 1. The molecule has 10 heteroatoms. The fraction of sp³-hybridized carbons (Fsp3) is 0.500. The van der Waals surface area contributed by atoms with Crippen LogP contribution in [0.5, 0.6) is 11.5 Å². The van der Waals surface area contributed by atoms with Crippen LogP contribution in [0.15, 0.2) is 18.5 Å². The molecule has 1 aliphatic rings. The first-order valence-corrected chi connectivity index (χ1v) is 9.07. The molecule has 0 saturated heterocycles. The number of halogens is 4. The molecule has 0 spiro atoms. The third kappa shape index (κ3) is 4.24. The van der Waals surface area contributed by atoms with Crippen molar-refractivity contribution in [3.8, 4) is 11.5 Å². The maximum Gasteiger partial charge on any atom is 0.471 e. The van der Waals surface area contributed by atoms with Gasteiger partial charge in [-0.2, -0.15) is 13.2 Å². The van der Waals surface area contributed by atoms with Crippen molar-refractivity contribution in [3.05, 3.63) is 23.6 Å². The second kappa shape index (κ2) is 7.98. The SMILES string of the molecule is COc1cc2ncnc(Cl)c2cc1OC1CCC(N(C)C(=O)C(F)(F)F)CC1. The summed E-state index contributed by atoms with van der Waals surface area (Å²) in [6.07, 6.45) is -1.85. The van der Waals surface area contributed by atoms with Crippen LogP contribution in [-0.4, -0.2) is 53.3 Å². The number of ether oxygens (including phenoxy) is 2. The average Bonchev–Trinajstić information content (AvgIpc) is 2.67. The van der Waals surface area contributed by atoms with Crippen LogP contribution in [-0.2, 0) is 4.79 Å². The fourth-order valence-electron chi connectivity index (χ4n) is 3.38. The third-order valence-electron chi connectivity index (χ3n) is 4.92. The van der Waals surface area contributed by atoms with E-state index in [0.717, 1.165) is 4.90 Å². The Morgan fingerprint density at radius 3 is 2.46 bits per heavy atom. The number of nitrogens with zero attached hydrogens (tertiary/aromatic N) is 3. The van der Waals surface area contributed by atoms with Crippen LogP contribution in [0, 0.1) is 0 Å². The lowest BCUT2D eigenvalue weighted by Crippen LogP contribution is -2.46. The van der Waals surface area contributed by atoms with Crippen LogP contribution in [0.4, 0.5) is 13.2 Å². The van der Waals surface area contributed by atoms with E-state index in [-0.39, 0.29) is 11.3 Å². The van der Waals surface area contributed by atoms with Crippen molar-refractivity contribution >= 4 is 28.4 Å². The summed E-state index contributed by atoms with van der Waals surface area (Å²) < 4.78 is 49.2.